The summed E-state index contributed by atoms with van der Waals surface area (Å²) in [4.78, 5) is 3.93. The quantitative estimate of drug-likeness (QED) is 0.705. The summed E-state index contributed by atoms with van der Waals surface area (Å²) < 4.78 is 29.3. The van der Waals surface area contributed by atoms with E-state index in [-0.39, 0.29) is 17.0 Å². The third kappa shape index (κ3) is 2.05. The average molecular weight is 359 g/mol. The zero-order valence-corrected chi connectivity index (χ0v) is 12.2. The number of rotatable bonds is 1. The van der Waals surface area contributed by atoms with Gasteiger partial charge in [0.15, 0.2) is 5.82 Å². The summed E-state index contributed by atoms with van der Waals surface area (Å²) in [6.07, 6.45) is 0. The third-order valence-electron chi connectivity index (χ3n) is 2.85. The number of benzene rings is 2. The Morgan fingerprint density at radius 3 is 2.70 bits per heavy atom. The van der Waals surface area contributed by atoms with Crippen LogP contribution in [0.25, 0.3) is 16.7 Å². The standard InChI is InChI=1S/C13H7BrClF2N3/c14-6-1-2-8(15)10(3-6)20-11-5-7(16)4-9(17)12(11)19-13(20)18/h1-5H,(H2,18,19). The molecule has 0 aliphatic carbocycles. The van der Waals surface area contributed by atoms with Crippen molar-refractivity contribution in [2.24, 2.45) is 0 Å². The van der Waals surface area contributed by atoms with Crippen molar-refractivity contribution in [2.45, 2.75) is 0 Å². The second-order valence-electron chi connectivity index (χ2n) is 4.16. The van der Waals surface area contributed by atoms with Gasteiger partial charge < -0.3 is 5.73 Å². The van der Waals surface area contributed by atoms with Gasteiger partial charge in [-0.3, -0.25) is 4.57 Å². The van der Waals surface area contributed by atoms with E-state index in [2.05, 4.69) is 20.9 Å². The first-order chi connectivity index (χ1) is 9.47. The van der Waals surface area contributed by atoms with Gasteiger partial charge >= 0.3 is 0 Å². The molecule has 7 heteroatoms. The lowest BCUT2D eigenvalue weighted by atomic mass is 10.2. The van der Waals surface area contributed by atoms with Crippen LogP contribution in [0, 0.1) is 11.6 Å². The van der Waals surface area contributed by atoms with Crippen LogP contribution < -0.4 is 5.73 Å². The van der Waals surface area contributed by atoms with Crippen molar-refractivity contribution < 1.29 is 8.78 Å². The monoisotopic (exact) mass is 357 g/mol. The molecule has 0 atom stereocenters. The first kappa shape index (κ1) is 13.3. The van der Waals surface area contributed by atoms with Crippen LogP contribution in [0.1, 0.15) is 0 Å². The molecule has 1 heterocycles. The maximum Gasteiger partial charge on any atom is 0.206 e. The number of nitrogen functional groups attached to an aromatic ring is 1. The van der Waals surface area contributed by atoms with Crippen molar-refractivity contribution in [3.05, 3.63) is 51.5 Å². The maximum absolute atomic E-state index is 13.7. The second-order valence-corrected chi connectivity index (χ2v) is 5.48. The van der Waals surface area contributed by atoms with E-state index < -0.39 is 11.6 Å². The van der Waals surface area contributed by atoms with E-state index in [0.29, 0.717) is 10.7 Å². The molecule has 0 radical (unpaired) electrons. The van der Waals surface area contributed by atoms with E-state index in [0.717, 1.165) is 10.5 Å². The second kappa shape index (κ2) is 4.71. The van der Waals surface area contributed by atoms with E-state index >= 15 is 0 Å². The lowest BCUT2D eigenvalue weighted by Gasteiger charge is -2.09. The number of hydrogen-bond acceptors (Lipinski definition) is 2. The summed E-state index contributed by atoms with van der Waals surface area (Å²) >= 11 is 9.45. The van der Waals surface area contributed by atoms with Gasteiger partial charge in [-0.25, -0.2) is 13.8 Å². The predicted molar refractivity (Wildman–Crippen MR) is 78.1 cm³/mol. The Morgan fingerprint density at radius 2 is 1.95 bits per heavy atom. The summed E-state index contributed by atoms with van der Waals surface area (Å²) in [5.74, 6) is -1.44. The van der Waals surface area contributed by atoms with Gasteiger partial charge in [-0.15, -0.1) is 0 Å². The molecule has 20 heavy (non-hydrogen) atoms. The van der Waals surface area contributed by atoms with Crippen molar-refractivity contribution in [1.82, 2.24) is 9.55 Å². The molecule has 3 rings (SSSR count). The minimum absolute atomic E-state index is 0.0000535. The number of nitrogens with two attached hydrogens (primary N) is 1. The largest absolute Gasteiger partial charge is 0.369 e. The molecule has 0 saturated carbocycles. The van der Waals surface area contributed by atoms with Crippen LogP contribution >= 0.6 is 27.5 Å². The van der Waals surface area contributed by atoms with Gasteiger partial charge in [0, 0.05) is 16.6 Å². The Kier molecular flexibility index (Phi) is 3.14. The van der Waals surface area contributed by atoms with Gasteiger partial charge in [-0.2, -0.15) is 0 Å². The molecule has 0 aliphatic heterocycles. The number of aromatic nitrogens is 2. The van der Waals surface area contributed by atoms with Crippen LogP contribution in [0.3, 0.4) is 0 Å². The number of nitrogens with zero attached hydrogens (tertiary/aromatic N) is 2. The highest BCUT2D eigenvalue weighted by atomic mass is 79.9. The van der Waals surface area contributed by atoms with E-state index in [9.17, 15) is 8.78 Å². The molecule has 0 spiro atoms. The molecule has 0 bridgehead atoms. The summed E-state index contributed by atoms with van der Waals surface area (Å²) in [6, 6.07) is 7.04. The van der Waals surface area contributed by atoms with Crippen LogP contribution in [-0.4, -0.2) is 9.55 Å². The molecule has 0 aliphatic rings. The third-order valence-corrected chi connectivity index (χ3v) is 3.67. The van der Waals surface area contributed by atoms with E-state index in [1.807, 2.05) is 0 Å². The van der Waals surface area contributed by atoms with E-state index in [4.69, 9.17) is 17.3 Å². The Balaban J connectivity index is 2.42. The van der Waals surface area contributed by atoms with Crippen LogP contribution in [0.5, 0.6) is 0 Å². The lowest BCUT2D eigenvalue weighted by molar-refractivity contribution is 0.590. The zero-order chi connectivity index (χ0) is 14.4. The van der Waals surface area contributed by atoms with Gasteiger partial charge in [0.25, 0.3) is 0 Å². The molecule has 0 saturated heterocycles. The normalized spacial score (nSPS) is 11.2. The fourth-order valence-electron chi connectivity index (χ4n) is 2.03. The van der Waals surface area contributed by atoms with Gasteiger partial charge in [0.2, 0.25) is 5.95 Å². The Bertz CT molecular complexity index is 832. The summed E-state index contributed by atoms with van der Waals surface area (Å²) in [5.41, 5.74) is 6.53. The van der Waals surface area contributed by atoms with Crippen molar-refractivity contribution in [2.75, 3.05) is 5.73 Å². The van der Waals surface area contributed by atoms with Crippen molar-refractivity contribution >= 4 is 44.5 Å². The summed E-state index contributed by atoms with van der Waals surface area (Å²) in [5, 5.41) is 0.392. The highest BCUT2D eigenvalue weighted by Crippen LogP contribution is 2.31. The Hall–Kier alpha value is -1.66. The van der Waals surface area contributed by atoms with Crippen LogP contribution in [0.2, 0.25) is 5.02 Å². The molecule has 0 unspecified atom stereocenters. The Labute approximate surface area is 126 Å². The van der Waals surface area contributed by atoms with E-state index in [1.54, 1.807) is 18.2 Å². The molecular weight excluding hydrogens is 352 g/mol. The summed E-state index contributed by atoms with van der Waals surface area (Å²) in [7, 11) is 0. The first-order valence-electron chi connectivity index (χ1n) is 5.56. The van der Waals surface area contributed by atoms with Crippen molar-refractivity contribution in [3.63, 3.8) is 0 Å². The van der Waals surface area contributed by atoms with Gasteiger partial charge in [-0.05, 0) is 18.2 Å². The molecular formula is C13H7BrClF2N3. The fourth-order valence-corrected chi connectivity index (χ4v) is 2.58. The first-order valence-corrected chi connectivity index (χ1v) is 6.73. The maximum atomic E-state index is 13.7. The molecule has 102 valence electrons. The number of fused-ring (bicyclic) bond motifs is 1. The Morgan fingerprint density at radius 1 is 1.20 bits per heavy atom. The molecule has 3 nitrogen and oxygen atoms in total. The molecule has 2 N–H and O–H groups in total. The van der Waals surface area contributed by atoms with Gasteiger partial charge in [0.1, 0.15) is 11.3 Å². The highest BCUT2D eigenvalue weighted by Gasteiger charge is 2.17. The van der Waals surface area contributed by atoms with E-state index in [1.165, 1.54) is 10.6 Å². The average Bonchev–Trinajstić information content (AvgIpc) is 2.69. The highest BCUT2D eigenvalue weighted by molar-refractivity contribution is 9.10. The summed E-state index contributed by atoms with van der Waals surface area (Å²) in [6.45, 7) is 0. The van der Waals surface area contributed by atoms with Crippen molar-refractivity contribution in [3.8, 4) is 5.69 Å². The van der Waals surface area contributed by atoms with Gasteiger partial charge in [-0.1, -0.05) is 27.5 Å². The number of hydrogen-bond donors (Lipinski definition) is 1. The van der Waals surface area contributed by atoms with Gasteiger partial charge in [0.05, 0.1) is 16.2 Å². The minimum Gasteiger partial charge on any atom is -0.369 e. The molecule has 0 fully saturated rings. The van der Waals surface area contributed by atoms with Crippen LogP contribution in [0.4, 0.5) is 14.7 Å². The van der Waals surface area contributed by atoms with Crippen LogP contribution in [0.15, 0.2) is 34.8 Å². The molecule has 0 amide bonds. The molecule has 1 aromatic heterocycles. The minimum atomic E-state index is -0.767. The number of imidazole rings is 1. The van der Waals surface area contributed by atoms with Crippen LogP contribution in [-0.2, 0) is 0 Å². The fraction of sp³-hybridized carbons (Fsp3) is 0. The number of anilines is 1. The topological polar surface area (TPSA) is 43.8 Å². The smallest absolute Gasteiger partial charge is 0.206 e. The number of halogens is 4. The van der Waals surface area contributed by atoms with Crippen molar-refractivity contribution in [1.29, 1.82) is 0 Å². The molecule has 3 aromatic rings. The lowest BCUT2D eigenvalue weighted by Crippen LogP contribution is -2.01. The molecule has 2 aromatic carbocycles. The SMILES string of the molecule is Nc1nc2c(F)cc(F)cc2n1-c1cc(Br)ccc1Cl. The predicted octanol–water partition coefficient (Wildman–Crippen LogP) is 4.30. The zero-order valence-electron chi connectivity index (χ0n) is 9.87.